The lowest BCUT2D eigenvalue weighted by atomic mass is 9.93. The van der Waals surface area contributed by atoms with Crippen LogP contribution in [-0.2, 0) is 0 Å². The second kappa shape index (κ2) is 12.0. The van der Waals surface area contributed by atoms with Crippen molar-refractivity contribution in [2.45, 2.75) is 0 Å². The lowest BCUT2D eigenvalue weighted by Gasteiger charge is -2.27. The van der Waals surface area contributed by atoms with Crippen molar-refractivity contribution in [2.75, 3.05) is 4.90 Å². The minimum Gasteiger partial charge on any atom is -0.310 e. The van der Waals surface area contributed by atoms with Gasteiger partial charge in [-0.05, 0) is 113 Å². The van der Waals surface area contributed by atoms with Gasteiger partial charge in [-0.3, -0.25) is 0 Å². The summed E-state index contributed by atoms with van der Waals surface area (Å²) >= 11 is 0. The van der Waals surface area contributed by atoms with Gasteiger partial charge in [-0.1, -0.05) is 164 Å². The Hall–Kier alpha value is -6.70. The monoisotopic (exact) mass is 647 g/mol. The van der Waals surface area contributed by atoms with Crippen LogP contribution in [0, 0.1) is 0 Å². The number of rotatable bonds is 5. The Labute approximate surface area is 297 Å². The van der Waals surface area contributed by atoms with Crippen LogP contribution in [0.2, 0.25) is 0 Å². The van der Waals surface area contributed by atoms with Crippen molar-refractivity contribution in [2.24, 2.45) is 0 Å². The maximum absolute atomic E-state index is 2.41. The van der Waals surface area contributed by atoms with Crippen LogP contribution in [0.4, 0.5) is 17.1 Å². The zero-order chi connectivity index (χ0) is 33.7. The van der Waals surface area contributed by atoms with Gasteiger partial charge in [-0.25, -0.2) is 0 Å². The molecule has 1 heteroatoms. The fourth-order valence-electron chi connectivity index (χ4n) is 8.04. The highest BCUT2D eigenvalue weighted by Gasteiger charge is 2.17. The van der Waals surface area contributed by atoms with Gasteiger partial charge in [-0.2, -0.15) is 0 Å². The standard InChI is InChI=1S/C50H33N/c1-3-18-41-34(12-1)14-10-24-43(41)36-26-28-38(29-27-36)51(39-17-9-16-37(32-39)44-25-11-15-35-13-2-4-19-42(35)44)40-30-31-49-47-22-6-5-20-45(47)46-21-7-8-23-48(46)50(49)33-40/h1-33H. The van der Waals surface area contributed by atoms with E-state index in [4.69, 9.17) is 0 Å². The quantitative estimate of drug-likeness (QED) is 0.168. The molecule has 0 radical (unpaired) electrons. The third kappa shape index (κ3) is 4.94. The highest BCUT2D eigenvalue weighted by Crippen LogP contribution is 2.42. The summed E-state index contributed by atoms with van der Waals surface area (Å²) in [6.45, 7) is 0. The molecule has 0 aromatic heterocycles. The molecule has 0 aliphatic carbocycles. The fourth-order valence-corrected chi connectivity index (χ4v) is 8.04. The Morgan fingerprint density at radius 3 is 1.27 bits per heavy atom. The van der Waals surface area contributed by atoms with Gasteiger partial charge in [0, 0.05) is 17.1 Å². The van der Waals surface area contributed by atoms with Crippen LogP contribution in [0.25, 0.3) is 76.1 Å². The summed E-state index contributed by atoms with van der Waals surface area (Å²) < 4.78 is 0. The zero-order valence-electron chi connectivity index (χ0n) is 28.0. The molecule has 10 aromatic rings. The van der Waals surface area contributed by atoms with Gasteiger partial charge in [0.15, 0.2) is 0 Å². The SMILES string of the molecule is c1cc(-c2cccc3ccccc23)cc(N(c2ccc(-c3cccc4ccccc34)cc2)c2ccc3c4ccccc4c4ccccc4c3c2)c1. The van der Waals surface area contributed by atoms with Gasteiger partial charge in [0.25, 0.3) is 0 Å². The molecule has 0 amide bonds. The third-order valence-corrected chi connectivity index (χ3v) is 10.4. The molecule has 10 aromatic carbocycles. The molecule has 0 spiro atoms. The van der Waals surface area contributed by atoms with Crippen LogP contribution >= 0.6 is 0 Å². The normalized spacial score (nSPS) is 11.5. The number of nitrogens with zero attached hydrogens (tertiary/aromatic N) is 1. The third-order valence-electron chi connectivity index (χ3n) is 10.4. The number of benzene rings is 10. The molecule has 10 rings (SSSR count). The number of anilines is 3. The van der Waals surface area contributed by atoms with Gasteiger partial charge < -0.3 is 4.90 Å². The van der Waals surface area contributed by atoms with E-state index in [2.05, 4.69) is 205 Å². The van der Waals surface area contributed by atoms with Crippen molar-refractivity contribution < 1.29 is 0 Å². The van der Waals surface area contributed by atoms with E-state index in [0.29, 0.717) is 0 Å². The molecule has 0 aliphatic heterocycles. The van der Waals surface area contributed by atoms with Crippen molar-refractivity contribution >= 4 is 70.9 Å². The highest BCUT2D eigenvalue weighted by molar-refractivity contribution is 6.25. The van der Waals surface area contributed by atoms with Gasteiger partial charge in [0.2, 0.25) is 0 Å². The molecule has 0 N–H and O–H groups in total. The first kappa shape index (κ1) is 29.2. The first-order valence-electron chi connectivity index (χ1n) is 17.6. The molecule has 0 saturated heterocycles. The average molecular weight is 648 g/mol. The van der Waals surface area contributed by atoms with Gasteiger partial charge in [0.1, 0.15) is 0 Å². The zero-order valence-corrected chi connectivity index (χ0v) is 28.0. The second-order valence-electron chi connectivity index (χ2n) is 13.3. The second-order valence-corrected chi connectivity index (χ2v) is 13.3. The van der Waals surface area contributed by atoms with Crippen LogP contribution in [0.15, 0.2) is 200 Å². The van der Waals surface area contributed by atoms with E-state index in [1.165, 1.54) is 76.1 Å². The van der Waals surface area contributed by atoms with E-state index < -0.39 is 0 Å². The minimum atomic E-state index is 1.11. The molecular weight excluding hydrogens is 615 g/mol. The van der Waals surface area contributed by atoms with Crippen LogP contribution in [0.3, 0.4) is 0 Å². The van der Waals surface area contributed by atoms with Crippen molar-refractivity contribution in [1.82, 2.24) is 0 Å². The Morgan fingerprint density at radius 2 is 0.667 bits per heavy atom. The maximum atomic E-state index is 2.41. The molecule has 0 aliphatic rings. The number of fused-ring (bicyclic) bond motifs is 8. The molecule has 0 fully saturated rings. The van der Waals surface area contributed by atoms with Crippen molar-refractivity contribution in [3.63, 3.8) is 0 Å². The molecule has 238 valence electrons. The van der Waals surface area contributed by atoms with Crippen LogP contribution in [0.5, 0.6) is 0 Å². The molecule has 0 bridgehead atoms. The van der Waals surface area contributed by atoms with Gasteiger partial charge in [0.05, 0.1) is 0 Å². The van der Waals surface area contributed by atoms with Crippen molar-refractivity contribution in [3.05, 3.63) is 200 Å². The summed E-state index contributed by atoms with van der Waals surface area (Å²) in [5.41, 5.74) is 8.22. The van der Waals surface area contributed by atoms with E-state index in [1.807, 2.05) is 0 Å². The Morgan fingerprint density at radius 1 is 0.235 bits per heavy atom. The predicted molar refractivity (Wildman–Crippen MR) is 220 cm³/mol. The van der Waals surface area contributed by atoms with E-state index in [0.717, 1.165) is 17.1 Å². The first-order chi connectivity index (χ1) is 25.3. The topological polar surface area (TPSA) is 3.24 Å². The molecular formula is C50H33N. The fraction of sp³-hybridized carbons (Fsp3) is 0. The average Bonchev–Trinajstić information content (AvgIpc) is 3.21. The van der Waals surface area contributed by atoms with Crippen molar-refractivity contribution in [1.29, 1.82) is 0 Å². The summed E-state index contributed by atoms with van der Waals surface area (Å²) in [6.07, 6.45) is 0. The molecule has 51 heavy (non-hydrogen) atoms. The Kier molecular flexibility index (Phi) is 6.89. The highest BCUT2D eigenvalue weighted by atomic mass is 15.1. The minimum absolute atomic E-state index is 1.11. The number of hydrogen-bond acceptors (Lipinski definition) is 1. The lowest BCUT2D eigenvalue weighted by Crippen LogP contribution is -2.10. The summed E-state index contributed by atoms with van der Waals surface area (Å²) in [5, 5.41) is 12.7. The molecule has 1 nitrogen and oxygen atoms in total. The van der Waals surface area contributed by atoms with Gasteiger partial charge >= 0.3 is 0 Å². The van der Waals surface area contributed by atoms with Crippen LogP contribution in [-0.4, -0.2) is 0 Å². The Balaban J connectivity index is 1.18. The van der Waals surface area contributed by atoms with Crippen molar-refractivity contribution in [3.8, 4) is 22.3 Å². The molecule has 0 saturated carbocycles. The first-order valence-corrected chi connectivity index (χ1v) is 17.6. The van der Waals surface area contributed by atoms with Crippen LogP contribution in [0.1, 0.15) is 0 Å². The lowest BCUT2D eigenvalue weighted by molar-refractivity contribution is 1.29. The summed E-state index contributed by atoms with van der Waals surface area (Å²) in [7, 11) is 0. The molecule has 0 unspecified atom stereocenters. The smallest absolute Gasteiger partial charge is 0.0468 e. The summed E-state index contributed by atoms with van der Waals surface area (Å²) in [5.74, 6) is 0. The predicted octanol–water partition coefficient (Wildman–Crippen LogP) is 14.3. The van der Waals surface area contributed by atoms with E-state index in [-0.39, 0.29) is 0 Å². The summed E-state index contributed by atoms with van der Waals surface area (Å²) in [6, 6.07) is 73.1. The van der Waals surface area contributed by atoms with Crippen LogP contribution < -0.4 is 4.90 Å². The van der Waals surface area contributed by atoms with E-state index in [9.17, 15) is 0 Å². The largest absolute Gasteiger partial charge is 0.310 e. The number of hydrogen-bond donors (Lipinski definition) is 0. The van der Waals surface area contributed by atoms with E-state index >= 15 is 0 Å². The van der Waals surface area contributed by atoms with Gasteiger partial charge in [-0.15, -0.1) is 0 Å². The maximum Gasteiger partial charge on any atom is 0.0468 e. The Bertz CT molecular complexity index is 2870. The molecule has 0 atom stereocenters. The molecule has 0 heterocycles. The summed E-state index contributed by atoms with van der Waals surface area (Å²) in [4.78, 5) is 2.41. The van der Waals surface area contributed by atoms with E-state index in [1.54, 1.807) is 0 Å².